The second-order valence-corrected chi connectivity index (χ2v) is 7.79. The van der Waals surface area contributed by atoms with Crippen LogP contribution in [0.5, 0.6) is 11.5 Å². The van der Waals surface area contributed by atoms with E-state index in [1.807, 2.05) is 18.2 Å². The molecule has 0 spiro atoms. The van der Waals surface area contributed by atoms with Gasteiger partial charge in [0.2, 0.25) is 0 Å². The van der Waals surface area contributed by atoms with Crippen molar-refractivity contribution in [1.29, 1.82) is 0 Å². The van der Waals surface area contributed by atoms with Gasteiger partial charge in [0.05, 0.1) is 19.8 Å². The number of methoxy groups -OCH3 is 2. The molecule has 1 N–H and O–H groups in total. The quantitative estimate of drug-likeness (QED) is 0.639. The molecule has 0 saturated heterocycles. The van der Waals surface area contributed by atoms with Crippen LogP contribution in [0, 0.1) is 0 Å². The molecule has 0 saturated carbocycles. The van der Waals surface area contributed by atoms with E-state index in [1.165, 1.54) is 0 Å². The average Bonchev–Trinajstić information content (AvgIpc) is 2.69. The molecule has 1 aromatic heterocycles. The van der Waals surface area contributed by atoms with Gasteiger partial charge >= 0.3 is 5.97 Å². The van der Waals surface area contributed by atoms with Crippen LogP contribution in [0.25, 0.3) is 16.2 Å². The number of carboxylic acid groups (broad SMARTS) is 1. The number of hydrogen-bond acceptors (Lipinski definition) is 6. The van der Waals surface area contributed by atoms with Gasteiger partial charge in [-0.3, -0.25) is 9.59 Å². The molecule has 1 unspecified atom stereocenters. The summed E-state index contributed by atoms with van der Waals surface area (Å²) in [6.07, 6.45) is 6.76. The molecule has 150 valence electrons. The fourth-order valence-corrected chi connectivity index (χ4v) is 4.42. The zero-order valence-corrected chi connectivity index (χ0v) is 16.8. The highest BCUT2D eigenvalue weighted by molar-refractivity contribution is 7.18. The van der Waals surface area contributed by atoms with Crippen molar-refractivity contribution in [2.75, 3.05) is 20.8 Å². The molecule has 1 heterocycles. The Hall–Kier alpha value is -2.38. The Kier molecular flexibility index (Phi) is 6.70. The smallest absolute Gasteiger partial charge is 0.303 e. The zero-order chi connectivity index (χ0) is 20.1. The number of aliphatic carboxylic acids is 1. The van der Waals surface area contributed by atoms with E-state index < -0.39 is 5.97 Å². The Morgan fingerprint density at radius 1 is 1.21 bits per heavy atom. The summed E-state index contributed by atoms with van der Waals surface area (Å²) in [5, 5.41) is 9.28. The summed E-state index contributed by atoms with van der Waals surface area (Å²) >= 11 is 1.58. The van der Waals surface area contributed by atoms with Gasteiger partial charge in [0.25, 0.3) is 0 Å². The first-order chi connectivity index (χ1) is 13.5. The molecule has 0 fully saturated rings. The maximum absolute atomic E-state index is 13.0. The molecule has 6 nitrogen and oxygen atoms in total. The highest BCUT2D eigenvalue weighted by atomic mass is 32.1. The number of carbonyl (C=O) groups is 1. The monoisotopic (exact) mass is 404 g/mol. The molecule has 1 aromatic carbocycles. The number of benzene rings is 1. The van der Waals surface area contributed by atoms with Crippen LogP contribution in [-0.2, 0) is 16.0 Å². The van der Waals surface area contributed by atoms with Gasteiger partial charge in [0.15, 0.2) is 16.9 Å². The van der Waals surface area contributed by atoms with Crippen molar-refractivity contribution in [1.82, 2.24) is 0 Å². The van der Waals surface area contributed by atoms with Crippen LogP contribution in [0.1, 0.15) is 36.1 Å². The lowest BCUT2D eigenvalue weighted by Gasteiger charge is -2.18. The van der Waals surface area contributed by atoms with Gasteiger partial charge in [-0.15, -0.1) is 11.3 Å². The largest absolute Gasteiger partial charge is 0.493 e. The third-order valence-electron chi connectivity index (χ3n) is 4.75. The molecule has 0 aliphatic heterocycles. The molecule has 0 amide bonds. The Bertz CT molecular complexity index is 946. The van der Waals surface area contributed by atoms with Crippen molar-refractivity contribution in [3.8, 4) is 11.5 Å². The predicted octanol–water partition coefficient (Wildman–Crippen LogP) is 3.88. The van der Waals surface area contributed by atoms with Crippen molar-refractivity contribution in [3.05, 3.63) is 38.9 Å². The molecule has 7 heteroatoms. The van der Waals surface area contributed by atoms with Gasteiger partial charge in [-0.1, -0.05) is 12.2 Å². The molecule has 3 rings (SSSR count). The second kappa shape index (κ2) is 9.21. The maximum Gasteiger partial charge on any atom is 0.303 e. The molecule has 1 atom stereocenters. The summed E-state index contributed by atoms with van der Waals surface area (Å²) in [6.45, 7) is 0.444. The standard InChI is InChI=1S/C21H24O6S/c1-25-13-7-8-14-18(10-13)28-19-12-16(26-2)17(11-15(19)21(14)24)27-9-5-3-4-6-20(22)23/h7-8,11-13H,3-6,9-10H2,1-2H3,(H,22,23). The number of hydrogen-bond donors (Lipinski definition) is 1. The van der Waals surface area contributed by atoms with E-state index in [-0.39, 0.29) is 18.0 Å². The Morgan fingerprint density at radius 3 is 2.75 bits per heavy atom. The number of rotatable bonds is 9. The highest BCUT2D eigenvalue weighted by Gasteiger charge is 2.20. The van der Waals surface area contributed by atoms with Crippen LogP contribution < -0.4 is 14.9 Å². The van der Waals surface area contributed by atoms with Crippen molar-refractivity contribution in [2.45, 2.75) is 38.2 Å². The van der Waals surface area contributed by atoms with Gasteiger partial charge in [-0.05, 0) is 25.3 Å². The summed E-state index contributed by atoms with van der Waals surface area (Å²) in [6, 6.07) is 3.60. The predicted molar refractivity (Wildman–Crippen MR) is 110 cm³/mol. The van der Waals surface area contributed by atoms with Gasteiger partial charge in [0, 0.05) is 46.5 Å². The fourth-order valence-electron chi connectivity index (χ4n) is 3.21. The lowest BCUT2D eigenvalue weighted by molar-refractivity contribution is -0.137. The van der Waals surface area contributed by atoms with E-state index in [4.69, 9.17) is 19.3 Å². The van der Waals surface area contributed by atoms with E-state index in [0.717, 1.165) is 28.0 Å². The minimum atomic E-state index is -0.782. The summed E-state index contributed by atoms with van der Waals surface area (Å²) < 4.78 is 17.5. The third kappa shape index (κ3) is 4.54. The van der Waals surface area contributed by atoms with E-state index in [9.17, 15) is 9.59 Å². The molecule has 28 heavy (non-hydrogen) atoms. The highest BCUT2D eigenvalue weighted by Crippen LogP contribution is 2.36. The van der Waals surface area contributed by atoms with Crippen LogP contribution in [-0.4, -0.2) is 38.0 Å². The van der Waals surface area contributed by atoms with E-state index >= 15 is 0 Å². The molecular weight excluding hydrogens is 380 g/mol. The van der Waals surface area contributed by atoms with Crippen LogP contribution in [0.2, 0.25) is 0 Å². The summed E-state index contributed by atoms with van der Waals surface area (Å²) in [7, 11) is 3.24. The summed E-state index contributed by atoms with van der Waals surface area (Å²) in [5.74, 6) is 0.339. The van der Waals surface area contributed by atoms with Gasteiger partial charge < -0.3 is 19.3 Å². The fraction of sp³-hybridized carbons (Fsp3) is 0.429. The lowest BCUT2D eigenvalue weighted by Crippen LogP contribution is -2.19. The normalized spacial score (nSPS) is 15.4. The Morgan fingerprint density at radius 2 is 2.04 bits per heavy atom. The molecule has 1 aliphatic carbocycles. The van der Waals surface area contributed by atoms with E-state index in [2.05, 4.69) is 0 Å². The SMILES string of the molecule is COc1cc2sc3c(c(=O)c2cc1OCCCCCC(=O)O)C=CC(OC)C3. The Labute approximate surface area is 167 Å². The number of carboxylic acids is 1. The first-order valence-electron chi connectivity index (χ1n) is 9.26. The van der Waals surface area contributed by atoms with Crippen LogP contribution in [0.15, 0.2) is 23.0 Å². The van der Waals surface area contributed by atoms with Gasteiger partial charge in [0.1, 0.15) is 0 Å². The van der Waals surface area contributed by atoms with Gasteiger partial charge in [-0.25, -0.2) is 0 Å². The first-order valence-corrected chi connectivity index (χ1v) is 10.1. The molecule has 0 bridgehead atoms. The zero-order valence-electron chi connectivity index (χ0n) is 16.0. The molecule has 1 aliphatic rings. The topological polar surface area (TPSA) is 82.1 Å². The third-order valence-corrected chi connectivity index (χ3v) is 5.94. The van der Waals surface area contributed by atoms with Crippen LogP contribution in [0.3, 0.4) is 0 Å². The van der Waals surface area contributed by atoms with Crippen molar-refractivity contribution >= 4 is 33.5 Å². The molecule has 2 aromatic rings. The molecular formula is C21H24O6S. The van der Waals surface area contributed by atoms with Crippen molar-refractivity contribution in [2.24, 2.45) is 0 Å². The van der Waals surface area contributed by atoms with Crippen molar-refractivity contribution in [3.63, 3.8) is 0 Å². The minimum absolute atomic E-state index is 0.00812. The Balaban J connectivity index is 1.81. The van der Waals surface area contributed by atoms with Crippen LogP contribution >= 0.6 is 11.3 Å². The summed E-state index contributed by atoms with van der Waals surface area (Å²) in [4.78, 5) is 24.5. The van der Waals surface area contributed by atoms with E-state index in [1.54, 1.807) is 31.6 Å². The molecule has 0 radical (unpaired) electrons. The van der Waals surface area contributed by atoms with Crippen LogP contribution in [0.4, 0.5) is 0 Å². The number of ether oxygens (including phenoxy) is 3. The van der Waals surface area contributed by atoms with Crippen molar-refractivity contribution < 1.29 is 24.1 Å². The number of fused-ring (bicyclic) bond motifs is 2. The lowest BCUT2D eigenvalue weighted by atomic mass is 10.0. The first kappa shape index (κ1) is 20.4. The summed E-state index contributed by atoms with van der Waals surface area (Å²) in [5.41, 5.74) is 0.708. The maximum atomic E-state index is 13.0. The van der Waals surface area contributed by atoms with E-state index in [0.29, 0.717) is 36.3 Å². The van der Waals surface area contributed by atoms with Gasteiger partial charge in [-0.2, -0.15) is 0 Å². The average molecular weight is 404 g/mol. The minimum Gasteiger partial charge on any atom is -0.493 e. The second-order valence-electron chi connectivity index (χ2n) is 6.66. The number of unbranched alkanes of at least 4 members (excludes halogenated alkanes) is 2.